The molecule has 0 spiro atoms. The standard InChI is InChI=1S/C20H24FN3O4S/c1-28-17-5-2-6-18(19(17)21)29(26,27)16-9-7-15(8-10-16)24-20(25)23-13-14-4-3-11-22-12-14/h3-4,7-12,17-19H,2,5-6,13H2,1H3,(H2,23,24,25). The van der Waals surface area contributed by atoms with Gasteiger partial charge in [-0.05, 0) is 55.2 Å². The van der Waals surface area contributed by atoms with Crippen LogP contribution in [0.3, 0.4) is 0 Å². The smallest absolute Gasteiger partial charge is 0.319 e. The van der Waals surface area contributed by atoms with Crippen LogP contribution in [0.5, 0.6) is 0 Å². The minimum absolute atomic E-state index is 0.0308. The Hall–Kier alpha value is -2.52. The lowest BCUT2D eigenvalue weighted by molar-refractivity contribution is 0.00775. The minimum atomic E-state index is -3.84. The molecule has 2 N–H and O–H groups in total. The fourth-order valence-electron chi connectivity index (χ4n) is 3.42. The number of carbonyl (C=O) groups excluding carboxylic acids is 1. The summed E-state index contributed by atoms with van der Waals surface area (Å²) in [5.41, 5.74) is 1.29. The van der Waals surface area contributed by atoms with Gasteiger partial charge < -0.3 is 15.4 Å². The van der Waals surface area contributed by atoms with Crippen LogP contribution < -0.4 is 10.6 Å². The molecule has 7 nitrogen and oxygen atoms in total. The summed E-state index contributed by atoms with van der Waals surface area (Å²) >= 11 is 0. The molecule has 1 fully saturated rings. The van der Waals surface area contributed by atoms with E-state index in [1.807, 2.05) is 6.07 Å². The third kappa shape index (κ3) is 5.10. The molecule has 1 heterocycles. The second-order valence-corrected chi connectivity index (χ2v) is 9.09. The average molecular weight is 421 g/mol. The quantitative estimate of drug-likeness (QED) is 0.747. The number of halogens is 1. The highest BCUT2D eigenvalue weighted by Crippen LogP contribution is 2.32. The number of nitrogens with zero attached hydrogens (tertiary/aromatic N) is 1. The van der Waals surface area contributed by atoms with E-state index in [-0.39, 0.29) is 11.3 Å². The van der Waals surface area contributed by atoms with E-state index in [2.05, 4.69) is 15.6 Å². The molecule has 0 aliphatic heterocycles. The van der Waals surface area contributed by atoms with Crippen LogP contribution in [-0.2, 0) is 21.1 Å². The number of rotatable bonds is 6. The molecule has 156 valence electrons. The number of nitrogens with one attached hydrogen (secondary N) is 2. The van der Waals surface area contributed by atoms with Crippen LogP contribution in [0.1, 0.15) is 24.8 Å². The first kappa shape index (κ1) is 21.2. The Bertz CT molecular complexity index is 923. The molecule has 1 saturated carbocycles. The maximum Gasteiger partial charge on any atom is 0.319 e. The van der Waals surface area contributed by atoms with Crippen molar-refractivity contribution in [1.82, 2.24) is 10.3 Å². The van der Waals surface area contributed by atoms with E-state index in [1.165, 1.54) is 31.4 Å². The minimum Gasteiger partial charge on any atom is -0.378 e. The number of urea groups is 1. The SMILES string of the molecule is COC1CCCC(S(=O)(=O)c2ccc(NC(=O)NCc3cccnc3)cc2)C1F. The summed E-state index contributed by atoms with van der Waals surface area (Å²) in [4.78, 5) is 16.0. The monoisotopic (exact) mass is 421 g/mol. The van der Waals surface area contributed by atoms with Crippen molar-refractivity contribution in [3.8, 4) is 0 Å². The number of ether oxygens (including phenoxy) is 1. The number of anilines is 1. The average Bonchev–Trinajstić information content (AvgIpc) is 2.73. The van der Waals surface area contributed by atoms with Gasteiger partial charge in [-0.2, -0.15) is 0 Å². The van der Waals surface area contributed by atoms with Crippen LogP contribution in [0.15, 0.2) is 53.7 Å². The number of alkyl halides is 1. The number of hydrogen-bond donors (Lipinski definition) is 2. The molecule has 0 radical (unpaired) electrons. The van der Waals surface area contributed by atoms with E-state index in [1.54, 1.807) is 18.5 Å². The maximum absolute atomic E-state index is 14.6. The zero-order chi connectivity index (χ0) is 20.9. The van der Waals surface area contributed by atoms with Crippen LogP contribution in [-0.4, -0.2) is 44.1 Å². The lowest BCUT2D eigenvalue weighted by atomic mass is 9.95. The van der Waals surface area contributed by atoms with Crippen molar-refractivity contribution < 1.29 is 22.3 Å². The van der Waals surface area contributed by atoms with Crippen molar-refractivity contribution in [2.45, 2.75) is 48.2 Å². The second kappa shape index (κ2) is 9.32. The largest absolute Gasteiger partial charge is 0.378 e. The Kier molecular flexibility index (Phi) is 6.81. The van der Waals surface area contributed by atoms with Crippen LogP contribution in [0, 0.1) is 0 Å². The van der Waals surface area contributed by atoms with E-state index >= 15 is 0 Å². The molecule has 3 rings (SSSR count). The first-order chi connectivity index (χ1) is 13.9. The van der Waals surface area contributed by atoms with Gasteiger partial charge in [0.15, 0.2) is 9.84 Å². The van der Waals surface area contributed by atoms with Crippen molar-refractivity contribution in [1.29, 1.82) is 0 Å². The zero-order valence-electron chi connectivity index (χ0n) is 16.0. The third-order valence-electron chi connectivity index (χ3n) is 5.01. The molecule has 0 bridgehead atoms. The van der Waals surface area contributed by atoms with Gasteiger partial charge in [0.1, 0.15) is 6.17 Å². The van der Waals surface area contributed by atoms with E-state index in [0.29, 0.717) is 25.1 Å². The highest BCUT2D eigenvalue weighted by Gasteiger charge is 2.42. The second-order valence-electron chi connectivity index (χ2n) is 6.93. The summed E-state index contributed by atoms with van der Waals surface area (Å²) in [6, 6.07) is 8.93. The van der Waals surface area contributed by atoms with E-state index in [4.69, 9.17) is 4.74 Å². The van der Waals surface area contributed by atoms with Gasteiger partial charge in [-0.1, -0.05) is 6.07 Å². The molecular formula is C20H24FN3O4S. The summed E-state index contributed by atoms with van der Waals surface area (Å²) < 4.78 is 45.4. The fourth-order valence-corrected chi connectivity index (χ4v) is 5.27. The molecular weight excluding hydrogens is 397 g/mol. The summed E-state index contributed by atoms with van der Waals surface area (Å²) in [5, 5.41) is 4.20. The van der Waals surface area contributed by atoms with Crippen molar-refractivity contribution in [2.75, 3.05) is 12.4 Å². The Balaban J connectivity index is 1.62. The topological polar surface area (TPSA) is 97.4 Å². The number of pyridine rings is 1. The third-order valence-corrected chi connectivity index (χ3v) is 7.23. The van der Waals surface area contributed by atoms with Crippen molar-refractivity contribution in [3.05, 3.63) is 54.4 Å². The summed E-state index contributed by atoms with van der Waals surface area (Å²) in [7, 11) is -2.44. The number of methoxy groups -OCH3 is 1. The van der Waals surface area contributed by atoms with Crippen LogP contribution in [0.25, 0.3) is 0 Å². The van der Waals surface area contributed by atoms with Crippen molar-refractivity contribution >= 4 is 21.6 Å². The molecule has 2 aromatic rings. The lowest BCUT2D eigenvalue weighted by Gasteiger charge is -2.31. The molecule has 1 aromatic heterocycles. The predicted molar refractivity (Wildman–Crippen MR) is 107 cm³/mol. The van der Waals surface area contributed by atoms with Gasteiger partial charge in [-0.25, -0.2) is 17.6 Å². The van der Waals surface area contributed by atoms with Gasteiger partial charge in [-0.15, -0.1) is 0 Å². The van der Waals surface area contributed by atoms with Crippen LogP contribution in [0.2, 0.25) is 0 Å². The Morgan fingerprint density at radius 2 is 2.00 bits per heavy atom. The molecule has 3 atom stereocenters. The molecule has 0 saturated heterocycles. The van der Waals surface area contributed by atoms with Crippen LogP contribution >= 0.6 is 0 Å². The predicted octanol–water partition coefficient (Wildman–Crippen LogP) is 3.08. The Morgan fingerprint density at radius 3 is 2.66 bits per heavy atom. The Labute approximate surface area is 169 Å². The summed E-state index contributed by atoms with van der Waals surface area (Å²) in [6.45, 7) is 0.312. The van der Waals surface area contributed by atoms with Crippen LogP contribution in [0.4, 0.5) is 14.9 Å². The fraction of sp³-hybridized carbons (Fsp3) is 0.400. The first-order valence-corrected chi connectivity index (χ1v) is 10.9. The molecule has 29 heavy (non-hydrogen) atoms. The normalized spacial score (nSPS) is 22.1. The Morgan fingerprint density at radius 1 is 1.24 bits per heavy atom. The number of sulfone groups is 1. The number of hydrogen-bond acceptors (Lipinski definition) is 5. The zero-order valence-corrected chi connectivity index (χ0v) is 16.9. The molecule has 2 amide bonds. The van der Waals surface area contributed by atoms with Gasteiger partial charge in [0.2, 0.25) is 0 Å². The molecule has 1 aliphatic carbocycles. The van der Waals surface area contributed by atoms with Gasteiger partial charge in [0, 0.05) is 31.7 Å². The van der Waals surface area contributed by atoms with Gasteiger partial charge in [-0.3, -0.25) is 4.98 Å². The van der Waals surface area contributed by atoms with Gasteiger partial charge in [0.25, 0.3) is 0 Å². The van der Waals surface area contributed by atoms with Crippen molar-refractivity contribution in [2.24, 2.45) is 0 Å². The van der Waals surface area contributed by atoms with E-state index < -0.39 is 33.4 Å². The first-order valence-electron chi connectivity index (χ1n) is 9.36. The molecule has 3 unspecified atom stereocenters. The summed E-state index contributed by atoms with van der Waals surface area (Å²) in [6.07, 6.45) is 2.41. The molecule has 1 aliphatic rings. The van der Waals surface area contributed by atoms with E-state index in [9.17, 15) is 17.6 Å². The summed E-state index contributed by atoms with van der Waals surface area (Å²) in [5.74, 6) is 0. The number of benzene rings is 1. The molecule has 1 aromatic carbocycles. The number of amides is 2. The van der Waals surface area contributed by atoms with Gasteiger partial charge >= 0.3 is 6.03 Å². The van der Waals surface area contributed by atoms with E-state index in [0.717, 1.165) is 5.56 Å². The lowest BCUT2D eigenvalue weighted by Crippen LogP contribution is -2.43. The number of carbonyl (C=O) groups is 1. The highest BCUT2D eigenvalue weighted by atomic mass is 32.2. The van der Waals surface area contributed by atoms with Gasteiger partial charge in [0.05, 0.1) is 16.2 Å². The number of aromatic nitrogens is 1. The maximum atomic E-state index is 14.6. The highest BCUT2D eigenvalue weighted by molar-refractivity contribution is 7.92. The molecule has 9 heteroatoms. The van der Waals surface area contributed by atoms with Crippen molar-refractivity contribution in [3.63, 3.8) is 0 Å².